The summed E-state index contributed by atoms with van der Waals surface area (Å²) in [5.74, 6) is 0.671. The van der Waals surface area contributed by atoms with Crippen LogP contribution in [0, 0.1) is 0 Å². The van der Waals surface area contributed by atoms with Crippen molar-refractivity contribution in [3.8, 4) is 0 Å². The molecule has 0 atom stereocenters. The van der Waals surface area contributed by atoms with Crippen LogP contribution in [0.25, 0.3) is 0 Å². The maximum Gasteiger partial charge on any atom is 0.407 e. The normalized spacial score (nSPS) is 12.0. The van der Waals surface area contributed by atoms with Crippen LogP contribution in [-0.2, 0) is 17.7 Å². The molecule has 0 saturated carbocycles. The number of aryl methyl sites for hydroxylation is 1. The third-order valence-electron chi connectivity index (χ3n) is 2.67. The maximum atomic E-state index is 11.5. The SMILES string of the molecule is CCc1cnc(CNC(=NC)NCCNC(=O)OC(C)(C)C)s1. The summed E-state index contributed by atoms with van der Waals surface area (Å²) in [5.41, 5.74) is -0.486. The number of rotatable bonds is 6. The Morgan fingerprint density at radius 2 is 2.00 bits per heavy atom. The second-order valence-corrected chi connectivity index (χ2v) is 7.05. The molecule has 23 heavy (non-hydrogen) atoms. The summed E-state index contributed by atoms with van der Waals surface area (Å²) in [6.07, 6.45) is 2.49. The van der Waals surface area contributed by atoms with Crippen LogP contribution < -0.4 is 16.0 Å². The van der Waals surface area contributed by atoms with E-state index in [1.807, 2.05) is 27.0 Å². The monoisotopic (exact) mass is 341 g/mol. The molecule has 0 aliphatic carbocycles. The number of aromatic nitrogens is 1. The number of nitrogens with zero attached hydrogens (tertiary/aromatic N) is 2. The number of guanidine groups is 1. The Kier molecular flexibility index (Phi) is 7.80. The summed E-state index contributed by atoms with van der Waals surface area (Å²) in [4.78, 5) is 21.3. The average molecular weight is 341 g/mol. The molecule has 8 heteroatoms. The van der Waals surface area contributed by atoms with E-state index in [-0.39, 0.29) is 0 Å². The molecule has 1 rings (SSSR count). The largest absolute Gasteiger partial charge is 0.444 e. The molecule has 1 heterocycles. The molecular weight excluding hydrogens is 314 g/mol. The van der Waals surface area contributed by atoms with Gasteiger partial charge in [0.2, 0.25) is 0 Å². The van der Waals surface area contributed by atoms with E-state index >= 15 is 0 Å². The van der Waals surface area contributed by atoms with Crippen molar-refractivity contribution < 1.29 is 9.53 Å². The number of thiazole rings is 1. The molecule has 7 nitrogen and oxygen atoms in total. The number of amides is 1. The van der Waals surface area contributed by atoms with Crippen molar-refractivity contribution in [1.29, 1.82) is 0 Å². The van der Waals surface area contributed by atoms with Gasteiger partial charge in [0.15, 0.2) is 5.96 Å². The fraction of sp³-hybridized carbons (Fsp3) is 0.667. The fourth-order valence-corrected chi connectivity index (χ4v) is 2.43. The first-order valence-electron chi connectivity index (χ1n) is 7.69. The zero-order chi connectivity index (χ0) is 17.3. The van der Waals surface area contributed by atoms with Gasteiger partial charge in [0, 0.05) is 31.2 Å². The van der Waals surface area contributed by atoms with Gasteiger partial charge in [-0.3, -0.25) is 4.99 Å². The number of carbonyl (C=O) groups is 1. The van der Waals surface area contributed by atoms with Gasteiger partial charge in [-0.2, -0.15) is 0 Å². The van der Waals surface area contributed by atoms with Gasteiger partial charge in [0.1, 0.15) is 10.6 Å². The highest BCUT2D eigenvalue weighted by Gasteiger charge is 2.15. The zero-order valence-electron chi connectivity index (χ0n) is 14.5. The first-order chi connectivity index (χ1) is 10.8. The molecule has 0 bridgehead atoms. The smallest absolute Gasteiger partial charge is 0.407 e. The van der Waals surface area contributed by atoms with Gasteiger partial charge in [0.25, 0.3) is 0 Å². The summed E-state index contributed by atoms with van der Waals surface area (Å²) in [6, 6.07) is 0. The van der Waals surface area contributed by atoms with Crippen molar-refractivity contribution in [2.24, 2.45) is 4.99 Å². The van der Waals surface area contributed by atoms with Crippen LogP contribution in [0.2, 0.25) is 0 Å². The molecular formula is C15H27N5O2S. The van der Waals surface area contributed by atoms with Crippen LogP contribution in [0.5, 0.6) is 0 Å². The number of hydrogen-bond acceptors (Lipinski definition) is 5. The lowest BCUT2D eigenvalue weighted by atomic mass is 10.2. The van der Waals surface area contributed by atoms with E-state index in [0.29, 0.717) is 25.6 Å². The van der Waals surface area contributed by atoms with E-state index in [9.17, 15) is 4.79 Å². The first-order valence-corrected chi connectivity index (χ1v) is 8.50. The highest BCUT2D eigenvalue weighted by atomic mass is 32.1. The van der Waals surface area contributed by atoms with Crippen LogP contribution in [0.1, 0.15) is 37.6 Å². The lowest BCUT2D eigenvalue weighted by Gasteiger charge is -2.19. The summed E-state index contributed by atoms with van der Waals surface area (Å²) in [7, 11) is 1.70. The Bertz CT molecular complexity index is 522. The molecule has 0 saturated heterocycles. The minimum atomic E-state index is -0.486. The van der Waals surface area contributed by atoms with E-state index in [1.165, 1.54) is 4.88 Å². The van der Waals surface area contributed by atoms with Crippen LogP contribution in [0.15, 0.2) is 11.2 Å². The van der Waals surface area contributed by atoms with Crippen LogP contribution in [0.3, 0.4) is 0 Å². The maximum absolute atomic E-state index is 11.5. The highest BCUT2D eigenvalue weighted by molar-refractivity contribution is 7.11. The van der Waals surface area contributed by atoms with Gasteiger partial charge in [-0.1, -0.05) is 6.92 Å². The van der Waals surface area contributed by atoms with Gasteiger partial charge in [0.05, 0.1) is 6.54 Å². The van der Waals surface area contributed by atoms with Crippen molar-refractivity contribution in [3.63, 3.8) is 0 Å². The van der Waals surface area contributed by atoms with Crippen LogP contribution in [0.4, 0.5) is 4.79 Å². The standard InChI is InChI=1S/C15H27N5O2S/c1-6-11-9-19-12(23-11)10-20-13(16-5)17-7-8-18-14(21)22-15(2,3)4/h9H,6-8,10H2,1-5H3,(H,18,21)(H2,16,17,20). The Balaban J connectivity index is 2.23. The second kappa shape index (κ2) is 9.34. The first kappa shape index (κ1) is 19.2. The number of ether oxygens (including phenoxy) is 1. The van der Waals surface area contributed by atoms with Gasteiger partial charge >= 0.3 is 6.09 Å². The summed E-state index contributed by atoms with van der Waals surface area (Å²) in [5, 5.41) is 10.0. The zero-order valence-corrected chi connectivity index (χ0v) is 15.3. The minimum absolute atomic E-state index is 0.419. The number of alkyl carbamates (subject to hydrolysis) is 1. The van der Waals surface area contributed by atoms with E-state index in [4.69, 9.17) is 4.74 Å². The molecule has 0 aliphatic heterocycles. The summed E-state index contributed by atoms with van der Waals surface area (Å²) in [6.45, 7) is 9.24. The van der Waals surface area contributed by atoms with Crippen molar-refractivity contribution in [1.82, 2.24) is 20.9 Å². The average Bonchev–Trinajstić information content (AvgIpc) is 2.92. The van der Waals surface area contributed by atoms with Gasteiger partial charge in [-0.25, -0.2) is 9.78 Å². The van der Waals surface area contributed by atoms with Gasteiger partial charge in [-0.05, 0) is 27.2 Å². The van der Waals surface area contributed by atoms with E-state index < -0.39 is 11.7 Å². The topological polar surface area (TPSA) is 87.6 Å². The van der Waals surface area contributed by atoms with Gasteiger partial charge in [-0.15, -0.1) is 11.3 Å². The predicted molar refractivity (Wildman–Crippen MR) is 93.9 cm³/mol. The van der Waals surface area contributed by atoms with Crippen molar-refractivity contribution in [3.05, 3.63) is 16.1 Å². The molecule has 1 aromatic rings. The van der Waals surface area contributed by atoms with Gasteiger partial charge < -0.3 is 20.7 Å². The molecule has 3 N–H and O–H groups in total. The van der Waals surface area contributed by atoms with Crippen LogP contribution in [-0.4, -0.2) is 42.8 Å². The molecule has 1 amide bonds. The highest BCUT2D eigenvalue weighted by Crippen LogP contribution is 2.12. The predicted octanol–water partition coefficient (Wildman–Crippen LogP) is 1.90. The molecule has 0 spiro atoms. The molecule has 130 valence electrons. The lowest BCUT2D eigenvalue weighted by Crippen LogP contribution is -2.42. The number of aliphatic imine (C=N–C) groups is 1. The summed E-state index contributed by atoms with van der Waals surface area (Å²) < 4.78 is 5.16. The van der Waals surface area contributed by atoms with Crippen LogP contribution >= 0.6 is 11.3 Å². The number of hydrogen-bond donors (Lipinski definition) is 3. The Hall–Kier alpha value is -1.83. The van der Waals surface area contributed by atoms with Crippen molar-refractivity contribution >= 4 is 23.4 Å². The Morgan fingerprint density at radius 1 is 1.30 bits per heavy atom. The third kappa shape index (κ3) is 8.39. The minimum Gasteiger partial charge on any atom is -0.444 e. The molecule has 0 unspecified atom stereocenters. The fourth-order valence-electron chi connectivity index (χ4n) is 1.63. The molecule has 0 aromatic carbocycles. The molecule has 0 aliphatic rings. The Labute approximate surface area is 141 Å². The van der Waals surface area contributed by atoms with Crippen molar-refractivity contribution in [2.75, 3.05) is 20.1 Å². The van der Waals surface area contributed by atoms with E-state index in [1.54, 1.807) is 18.4 Å². The van der Waals surface area contributed by atoms with Crippen molar-refractivity contribution in [2.45, 2.75) is 46.3 Å². The number of carbonyl (C=O) groups excluding carboxylic acids is 1. The molecule has 0 radical (unpaired) electrons. The second-order valence-electron chi connectivity index (χ2n) is 5.86. The summed E-state index contributed by atoms with van der Waals surface area (Å²) >= 11 is 1.69. The Morgan fingerprint density at radius 3 is 2.57 bits per heavy atom. The van der Waals surface area contributed by atoms with E-state index in [2.05, 4.69) is 32.9 Å². The lowest BCUT2D eigenvalue weighted by molar-refractivity contribution is 0.0529. The molecule has 1 aromatic heterocycles. The third-order valence-corrected chi connectivity index (χ3v) is 3.81. The quantitative estimate of drug-likeness (QED) is 0.418. The van der Waals surface area contributed by atoms with E-state index in [0.717, 1.165) is 11.4 Å². The molecule has 0 fully saturated rings. The number of nitrogens with one attached hydrogen (secondary N) is 3.